The van der Waals surface area contributed by atoms with Crippen molar-refractivity contribution in [3.05, 3.63) is 56.7 Å². The predicted octanol–water partition coefficient (Wildman–Crippen LogP) is -0.150. The Hall–Kier alpha value is -3.89. The Labute approximate surface area is 182 Å². The highest BCUT2D eigenvalue weighted by atomic mass is 16.2. The summed E-state index contributed by atoms with van der Waals surface area (Å²) in [6.45, 7) is 1.19. The summed E-state index contributed by atoms with van der Waals surface area (Å²) in [7, 11) is 1.30. The van der Waals surface area contributed by atoms with E-state index in [1.807, 2.05) is 6.07 Å². The maximum atomic E-state index is 12.9. The standard InChI is InChI=1S/C21H24N6O5/c1-21(13-8-9-13)18(30)27(20(32)24-21)11-14(28)25(2)15-16(22)26(19(31)23-17(15)29)10-12-6-4-3-5-7-12/h3-7,13H,8-11,22H2,1-2H3,(H,24,32)(H,23,29,31). The number of aromatic nitrogens is 2. The summed E-state index contributed by atoms with van der Waals surface area (Å²) >= 11 is 0. The SMILES string of the molecule is CN(C(=O)CN1C(=O)NC(C)(C2CC2)C1=O)c1c(N)n(Cc2ccccc2)c(=O)[nH]c1=O. The van der Waals surface area contributed by atoms with Crippen molar-refractivity contribution in [2.45, 2.75) is 31.8 Å². The van der Waals surface area contributed by atoms with E-state index in [2.05, 4.69) is 10.3 Å². The molecule has 32 heavy (non-hydrogen) atoms. The summed E-state index contributed by atoms with van der Waals surface area (Å²) in [5.74, 6) is -1.31. The van der Waals surface area contributed by atoms with Gasteiger partial charge in [0.1, 0.15) is 17.9 Å². The number of likely N-dealkylation sites (N-methyl/N-ethyl adjacent to an activating group) is 1. The fourth-order valence-corrected chi connectivity index (χ4v) is 3.99. The summed E-state index contributed by atoms with van der Waals surface area (Å²) in [4.78, 5) is 66.8. The molecule has 168 valence electrons. The van der Waals surface area contributed by atoms with Crippen LogP contribution in [0, 0.1) is 5.92 Å². The fourth-order valence-electron chi connectivity index (χ4n) is 3.99. The summed E-state index contributed by atoms with van der Waals surface area (Å²) in [5, 5.41) is 2.67. The van der Waals surface area contributed by atoms with Gasteiger partial charge in [0.15, 0.2) is 5.69 Å². The summed E-state index contributed by atoms with van der Waals surface area (Å²) in [5.41, 5.74) is 4.08. The van der Waals surface area contributed by atoms with Gasteiger partial charge in [-0.05, 0) is 31.2 Å². The molecule has 1 aromatic heterocycles. The van der Waals surface area contributed by atoms with Crippen molar-refractivity contribution in [2.75, 3.05) is 24.2 Å². The molecule has 4 N–H and O–H groups in total. The number of amides is 4. The van der Waals surface area contributed by atoms with Crippen LogP contribution in [0.3, 0.4) is 0 Å². The number of anilines is 2. The molecule has 0 bridgehead atoms. The minimum absolute atomic E-state index is 0.0526. The first-order valence-corrected chi connectivity index (χ1v) is 10.2. The van der Waals surface area contributed by atoms with Crippen LogP contribution in [-0.2, 0) is 16.1 Å². The second kappa shape index (κ2) is 7.66. The molecule has 0 spiro atoms. The Balaban J connectivity index is 1.59. The van der Waals surface area contributed by atoms with E-state index in [9.17, 15) is 24.0 Å². The van der Waals surface area contributed by atoms with E-state index in [1.54, 1.807) is 31.2 Å². The van der Waals surface area contributed by atoms with E-state index in [0.29, 0.717) is 0 Å². The number of aromatic amines is 1. The van der Waals surface area contributed by atoms with Crippen LogP contribution in [0.2, 0.25) is 0 Å². The van der Waals surface area contributed by atoms with Crippen LogP contribution in [-0.4, -0.2) is 51.4 Å². The Morgan fingerprint density at radius 3 is 2.47 bits per heavy atom. The first kappa shape index (κ1) is 21.3. The van der Waals surface area contributed by atoms with E-state index < -0.39 is 41.2 Å². The van der Waals surface area contributed by atoms with Crippen molar-refractivity contribution in [1.29, 1.82) is 0 Å². The summed E-state index contributed by atoms with van der Waals surface area (Å²) in [6, 6.07) is 8.35. The average Bonchev–Trinajstić information content (AvgIpc) is 3.57. The van der Waals surface area contributed by atoms with Gasteiger partial charge in [-0.25, -0.2) is 9.59 Å². The third kappa shape index (κ3) is 3.55. The molecule has 1 saturated carbocycles. The van der Waals surface area contributed by atoms with Gasteiger partial charge in [0.05, 0.1) is 6.54 Å². The number of nitrogens with two attached hydrogens (primary N) is 1. The van der Waals surface area contributed by atoms with Crippen molar-refractivity contribution in [3.63, 3.8) is 0 Å². The van der Waals surface area contributed by atoms with Crippen molar-refractivity contribution < 1.29 is 14.4 Å². The second-order valence-electron chi connectivity index (χ2n) is 8.32. The van der Waals surface area contributed by atoms with Crippen LogP contribution < -0.4 is 27.2 Å². The molecule has 0 radical (unpaired) electrons. The lowest BCUT2D eigenvalue weighted by Gasteiger charge is -2.23. The molecule has 11 nitrogen and oxygen atoms in total. The predicted molar refractivity (Wildman–Crippen MR) is 116 cm³/mol. The molecule has 1 aliphatic heterocycles. The minimum atomic E-state index is -1.02. The van der Waals surface area contributed by atoms with E-state index in [4.69, 9.17) is 5.73 Å². The van der Waals surface area contributed by atoms with Crippen molar-refractivity contribution >= 4 is 29.4 Å². The quantitative estimate of drug-likeness (QED) is 0.532. The lowest BCUT2D eigenvalue weighted by atomic mass is 9.96. The van der Waals surface area contributed by atoms with Crippen LogP contribution in [0.15, 0.2) is 39.9 Å². The molecule has 2 heterocycles. The number of hydrogen-bond acceptors (Lipinski definition) is 6. The normalized spacial score (nSPS) is 20.4. The number of H-pyrrole nitrogens is 1. The number of carbonyl (C=O) groups excluding carboxylic acids is 3. The van der Waals surface area contributed by atoms with E-state index in [-0.39, 0.29) is 24.0 Å². The molecule has 2 aromatic rings. The molecule has 1 atom stereocenters. The van der Waals surface area contributed by atoms with Crippen molar-refractivity contribution in [3.8, 4) is 0 Å². The average molecular weight is 440 g/mol. The Bertz CT molecular complexity index is 1220. The number of rotatable bonds is 6. The molecular formula is C21H24N6O5. The number of benzene rings is 1. The van der Waals surface area contributed by atoms with Crippen LogP contribution in [0.1, 0.15) is 25.3 Å². The molecule has 1 aromatic carbocycles. The molecule has 11 heteroatoms. The van der Waals surface area contributed by atoms with Gasteiger partial charge in [-0.15, -0.1) is 0 Å². The van der Waals surface area contributed by atoms with Crippen molar-refractivity contribution in [2.24, 2.45) is 5.92 Å². The monoisotopic (exact) mass is 440 g/mol. The van der Waals surface area contributed by atoms with Gasteiger partial charge >= 0.3 is 11.7 Å². The Kier molecular flexibility index (Phi) is 5.11. The first-order valence-electron chi connectivity index (χ1n) is 10.2. The molecule has 4 amide bonds. The number of urea groups is 1. The third-order valence-corrected chi connectivity index (χ3v) is 6.10. The Morgan fingerprint density at radius 1 is 1.19 bits per heavy atom. The van der Waals surface area contributed by atoms with Crippen LogP contribution in [0.25, 0.3) is 0 Å². The number of imide groups is 1. The number of nitrogens with zero attached hydrogens (tertiary/aromatic N) is 3. The molecule has 1 aliphatic carbocycles. The van der Waals surface area contributed by atoms with E-state index in [1.165, 1.54) is 7.05 Å². The largest absolute Gasteiger partial charge is 0.383 e. The highest BCUT2D eigenvalue weighted by molar-refractivity contribution is 6.10. The smallest absolute Gasteiger partial charge is 0.330 e. The molecule has 2 aliphatic rings. The van der Waals surface area contributed by atoms with E-state index >= 15 is 0 Å². The van der Waals surface area contributed by atoms with Crippen molar-refractivity contribution in [1.82, 2.24) is 19.8 Å². The second-order valence-corrected chi connectivity index (χ2v) is 8.32. The number of nitrogen functional groups attached to an aromatic ring is 1. The maximum absolute atomic E-state index is 12.9. The van der Waals surface area contributed by atoms with Gasteiger partial charge in [0, 0.05) is 7.05 Å². The molecule has 1 saturated heterocycles. The first-order chi connectivity index (χ1) is 15.1. The fraction of sp³-hybridized carbons (Fsp3) is 0.381. The van der Waals surface area contributed by atoms with Crippen LogP contribution in [0.5, 0.6) is 0 Å². The Morgan fingerprint density at radius 2 is 1.84 bits per heavy atom. The summed E-state index contributed by atoms with van der Waals surface area (Å²) < 4.78 is 1.15. The zero-order valence-corrected chi connectivity index (χ0v) is 17.8. The zero-order valence-electron chi connectivity index (χ0n) is 17.8. The number of nitrogens with one attached hydrogen (secondary N) is 2. The maximum Gasteiger partial charge on any atom is 0.330 e. The van der Waals surface area contributed by atoms with Gasteiger partial charge in [0.2, 0.25) is 5.91 Å². The molecular weight excluding hydrogens is 416 g/mol. The van der Waals surface area contributed by atoms with E-state index in [0.717, 1.165) is 32.8 Å². The lowest BCUT2D eigenvalue weighted by molar-refractivity contribution is -0.134. The van der Waals surface area contributed by atoms with Gasteiger partial charge in [-0.1, -0.05) is 30.3 Å². The highest BCUT2D eigenvalue weighted by Gasteiger charge is 2.56. The van der Waals surface area contributed by atoms with Gasteiger partial charge in [-0.2, -0.15) is 0 Å². The molecule has 4 rings (SSSR count). The summed E-state index contributed by atoms with van der Waals surface area (Å²) in [6.07, 6.45) is 1.66. The van der Waals surface area contributed by atoms with Gasteiger partial charge in [-0.3, -0.25) is 28.8 Å². The van der Waals surface area contributed by atoms with Gasteiger partial charge < -0.3 is 16.0 Å². The lowest BCUT2D eigenvalue weighted by Crippen LogP contribution is -2.47. The highest BCUT2D eigenvalue weighted by Crippen LogP contribution is 2.42. The third-order valence-electron chi connectivity index (χ3n) is 6.10. The molecule has 1 unspecified atom stereocenters. The number of hydrogen-bond donors (Lipinski definition) is 3. The molecule has 2 fully saturated rings. The van der Waals surface area contributed by atoms with Gasteiger partial charge in [0.25, 0.3) is 11.5 Å². The van der Waals surface area contributed by atoms with Crippen LogP contribution >= 0.6 is 0 Å². The minimum Gasteiger partial charge on any atom is -0.383 e. The zero-order chi connectivity index (χ0) is 23.2. The topological polar surface area (TPSA) is 151 Å². The number of carbonyl (C=O) groups is 3. The van der Waals surface area contributed by atoms with Crippen LogP contribution in [0.4, 0.5) is 16.3 Å².